The molecule has 0 atom stereocenters. The lowest BCUT2D eigenvalue weighted by molar-refractivity contribution is 0.0951. The van der Waals surface area contributed by atoms with Crippen LogP contribution in [-0.4, -0.2) is 11.0 Å². The molecule has 26 heavy (non-hydrogen) atoms. The average molecular weight is 470 g/mol. The number of carbonyl (C=O) groups excluding carboxylic acids is 1. The predicted molar refractivity (Wildman–Crippen MR) is 112 cm³/mol. The first-order valence-corrected chi connectivity index (χ1v) is 9.32. The van der Waals surface area contributed by atoms with Gasteiger partial charge in [0.05, 0.1) is 15.7 Å². The van der Waals surface area contributed by atoms with Crippen molar-refractivity contribution in [3.63, 3.8) is 0 Å². The standard InChI is InChI=1S/C18H11BrCl2N2O2S/c19-11-3-1-2-4-14(11)22-18(26)23-17(24)16-8-7-15(25-16)10-5-6-12(20)13(21)9-10/h1-9H,(H2,22,23,24,26). The van der Waals surface area contributed by atoms with Crippen LogP contribution in [0.2, 0.25) is 10.0 Å². The quantitative estimate of drug-likeness (QED) is 0.452. The van der Waals surface area contributed by atoms with Crippen LogP contribution >= 0.6 is 51.3 Å². The second-order valence-electron chi connectivity index (χ2n) is 5.18. The molecule has 0 aliphatic carbocycles. The van der Waals surface area contributed by atoms with Gasteiger partial charge in [0.2, 0.25) is 0 Å². The van der Waals surface area contributed by atoms with Crippen molar-refractivity contribution >= 4 is 68.1 Å². The Kier molecular flexibility index (Phi) is 5.98. The number of amides is 1. The molecule has 8 heteroatoms. The van der Waals surface area contributed by atoms with Crippen LogP contribution in [0.5, 0.6) is 0 Å². The third-order valence-corrected chi connectivity index (χ3v) is 5.02. The Morgan fingerprint density at radius 1 is 1.04 bits per heavy atom. The summed E-state index contributed by atoms with van der Waals surface area (Å²) in [6.07, 6.45) is 0. The Morgan fingerprint density at radius 3 is 2.54 bits per heavy atom. The highest BCUT2D eigenvalue weighted by molar-refractivity contribution is 9.10. The SMILES string of the molecule is O=C(NC(=S)Nc1ccccc1Br)c1ccc(-c2ccc(Cl)c(Cl)c2)o1. The number of hydrogen-bond acceptors (Lipinski definition) is 3. The summed E-state index contributed by atoms with van der Waals surface area (Å²) in [5.74, 6) is 0.168. The van der Waals surface area contributed by atoms with Crippen LogP contribution in [-0.2, 0) is 0 Å². The molecule has 1 aromatic heterocycles. The molecule has 0 radical (unpaired) electrons. The van der Waals surface area contributed by atoms with Gasteiger partial charge >= 0.3 is 0 Å². The molecular weight excluding hydrogens is 459 g/mol. The summed E-state index contributed by atoms with van der Waals surface area (Å²) >= 11 is 20.5. The zero-order valence-electron chi connectivity index (χ0n) is 13.1. The Bertz CT molecular complexity index is 991. The van der Waals surface area contributed by atoms with Crippen LogP contribution in [0.4, 0.5) is 5.69 Å². The van der Waals surface area contributed by atoms with Crippen molar-refractivity contribution in [2.24, 2.45) is 0 Å². The molecule has 4 nitrogen and oxygen atoms in total. The third-order valence-electron chi connectivity index (χ3n) is 3.38. The van der Waals surface area contributed by atoms with E-state index in [1.165, 1.54) is 0 Å². The molecule has 3 rings (SSSR count). The number of nitrogens with one attached hydrogen (secondary N) is 2. The van der Waals surface area contributed by atoms with Crippen molar-refractivity contribution in [1.82, 2.24) is 5.32 Å². The summed E-state index contributed by atoms with van der Waals surface area (Å²) < 4.78 is 6.42. The number of para-hydroxylation sites is 1. The fourth-order valence-electron chi connectivity index (χ4n) is 2.15. The van der Waals surface area contributed by atoms with Gasteiger partial charge < -0.3 is 9.73 Å². The number of rotatable bonds is 3. The Morgan fingerprint density at radius 2 is 1.81 bits per heavy atom. The fourth-order valence-corrected chi connectivity index (χ4v) is 3.03. The van der Waals surface area contributed by atoms with Crippen molar-refractivity contribution in [3.05, 3.63) is 74.9 Å². The van der Waals surface area contributed by atoms with E-state index in [1.54, 1.807) is 30.3 Å². The number of carbonyl (C=O) groups is 1. The van der Waals surface area contributed by atoms with Crippen molar-refractivity contribution < 1.29 is 9.21 Å². The first-order chi connectivity index (χ1) is 12.4. The second kappa shape index (κ2) is 8.22. The molecule has 2 aromatic carbocycles. The number of thiocarbonyl (C=S) groups is 1. The Labute approximate surface area is 173 Å². The minimum absolute atomic E-state index is 0.127. The number of furan rings is 1. The lowest BCUT2D eigenvalue weighted by Crippen LogP contribution is -2.33. The van der Waals surface area contributed by atoms with Crippen molar-refractivity contribution in [1.29, 1.82) is 0 Å². The molecule has 0 saturated carbocycles. The number of hydrogen-bond donors (Lipinski definition) is 2. The van der Waals surface area contributed by atoms with Crippen molar-refractivity contribution in [3.8, 4) is 11.3 Å². The molecule has 0 fully saturated rings. The summed E-state index contributed by atoms with van der Waals surface area (Å²) in [4.78, 5) is 12.3. The summed E-state index contributed by atoms with van der Waals surface area (Å²) in [7, 11) is 0. The summed E-state index contributed by atoms with van der Waals surface area (Å²) in [5, 5.41) is 6.54. The molecule has 0 spiro atoms. The zero-order valence-corrected chi connectivity index (χ0v) is 17.0. The predicted octanol–water partition coefficient (Wildman–Crippen LogP) is 6.14. The zero-order chi connectivity index (χ0) is 18.7. The van der Waals surface area contributed by atoms with E-state index >= 15 is 0 Å². The molecule has 1 amide bonds. The topological polar surface area (TPSA) is 54.3 Å². The molecule has 3 aromatic rings. The highest BCUT2D eigenvalue weighted by Crippen LogP contribution is 2.29. The van der Waals surface area contributed by atoms with Crippen LogP contribution in [0.1, 0.15) is 10.6 Å². The molecule has 2 N–H and O–H groups in total. The number of halogens is 3. The van der Waals surface area contributed by atoms with Crippen molar-refractivity contribution in [2.45, 2.75) is 0 Å². The molecule has 0 bridgehead atoms. The van der Waals surface area contributed by atoms with E-state index in [9.17, 15) is 4.79 Å². The first kappa shape index (κ1) is 18.9. The van der Waals surface area contributed by atoms with Gasteiger partial charge in [-0.05, 0) is 70.6 Å². The van der Waals surface area contributed by atoms with E-state index in [4.69, 9.17) is 39.8 Å². The van der Waals surface area contributed by atoms with E-state index in [1.807, 2.05) is 24.3 Å². The van der Waals surface area contributed by atoms with Gasteiger partial charge in [0, 0.05) is 10.0 Å². The lowest BCUT2D eigenvalue weighted by atomic mass is 10.2. The molecule has 0 aliphatic rings. The minimum Gasteiger partial charge on any atom is -0.451 e. The van der Waals surface area contributed by atoms with E-state index in [0.717, 1.165) is 10.2 Å². The first-order valence-electron chi connectivity index (χ1n) is 7.36. The van der Waals surface area contributed by atoms with Gasteiger partial charge in [0.25, 0.3) is 5.91 Å². The third kappa shape index (κ3) is 4.45. The summed E-state index contributed by atoms with van der Waals surface area (Å²) in [6, 6.07) is 15.8. The van der Waals surface area contributed by atoms with Gasteiger partial charge in [-0.2, -0.15) is 0 Å². The average Bonchev–Trinajstić information content (AvgIpc) is 3.09. The van der Waals surface area contributed by atoms with Crippen LogP contribution in [0.25, 0.3) is 11.3 Å². The minimum atomic E-state index is -0.458. The second-order valence-corrected chi connectivity index (χ2v) is 7.26. The van der Waals surface area contributed by atoms with E-state index in [0.29, 0.717) is 21.4 Å². The van der Waals surface area contributed by atoms with Crippen molar-refractivity contribution in [2.75, 3.05) is 5.32 Å². The smallest absolute Gasteiger partial charge is 0.293 e. The largest absolute Gasteiger partial charge is 0.451 e. The highest BCUT2D eigenvalue weighted by Gasteiger charge is 2.14. The Hall–Kier alpha value is -1.86. The van der Waals surface area contributed by atoms with Crippen LogP contribution in [0.3, 0.4) is 0 Å². The van der Waals surface area contributed by atoms with Crippen LogP contribution < -0.4 is 10.6 Å². The van der Waals surface area contributed by atoms with E-state index < -0.39 is 5.91 Å². The summed E-state index contributed by atoms with van der Waals surface area (Å²) in [6.45, 7) is 0. The van der Waals surface area contributed by atoms with Gasteiger partial charge in [-0.1, -0.05) is 35.3 Å². The van der Waals surface area contributed by atoms with Gasteiger partial charge in [0.1, 0.15) is 5.76 Å². The van der Waals surface area contributed by atoms with Gasteiger partial charge in [-0.25, -0.2) is 0 Å². The van der Waals surface area contributed by atoms with Crippen LogP contribution in [0.15, 0.2) is 63.5 Å². The molecule has 1 heterocycles. The molecule has 0 aliphatic heterocycles. The molecule has 0 unspecified atom stereocenters. The van der Waals surface area contributed by atoms with Gasteiger partial charge in [-0.15, -0.1) is 0 Å². The normalized spacial score (nSPS) is 10.4. The highest BCUT2D eigenvalue weighted by atomic mass is 79.9. The summed E-state index contributed by atoms with van der Waals surface area (Å²) in [5.41, 5.74) is 1.46. The molecular formula is C18H11BrCl2N2O2S. The van der Waals surface area contributed by atoms with Crippen LogP contribution in [0, 0.1) is 0 Å². The van der Waals surface area contributed by atoms with Gasteiger partial charge in [-0.3, -0.25) is 10.1 Å². The molecule has 132 valence electrons. The van der Waals surface area contributed by atoms with E-state index in [-0.39, 0.29) is 10.9 Å². The number of benzene rings is 2. The van der Waals surface area contributed by atoms with Gasteiger partial charge in [0.15, 0.2) is 10.9 Å². The molecule has 0 saturated heterocycles. The lowest BCUT2D eigenvalue weighted by Gasteiger charge is -2.09. The maximum absolute atomic E-state index is 12.3. The number of anilines is 1. The maximum atomic E-state index is 12.3. The monoisotopic (exact) mass is 468 g/mol. The Balaban J connectivity index is 1.69. The maximum Gasteiger partial charge on any atom is 0.293 e. The van der Waals surface area contributed by atoms with E-state index in [2.05, 4.69) is 26.6 Å². The fraction of sp³-hybridized carbons (Fsp3) is 0.